The summed E-state index contributed by atoms with van der Waals surface area (Å²) in [5.41, 5.74) is 0.745. The maximum absolute atomic E-state index is 12.3. The number of hydrogen-bond donors (Lipinski definition) is 2. The van der Waals surface area contributed by atoms with Crippen LogP contribution in [0.5, 0.6) is 0 Å². The lowest BCUT2D eigenvalue weighted by Crippen LogP contribution is -2.53. The highest BCUT2D eigenvalue weighted by atomic mass is 79.9. The van der Waals surface area contributed by atoms with Gasteiger partial charge in [-0.25, -0.2) is 0 Å². The van der Waals surface area contributed by atoms with E-state index in [0.29, 0.717) is 0 Å². The molecule has 1 fully saturated rings. The van der Waals surface area contributed by atoms with Crippen LogP contribution in [-0.2, 0) is 10.3 Å². The van der Waals surface area contributed by atoms with Crippen molar-refractivity contribution in [2.75, 3.05) is 18.1 Å². The molecular formula is C14H19BrN2OS. The highest BCUT2D eigenvalue weighted by Crippen LogP contribution is 2.22. The maximum Gasteiger partial charge on any atom is 0.238 e. The Balaban J connectivity index is 2.03. The summed E-state index contributed by atoms with van der Waals surface area (Å²) in [6.45, 7) is 4.97. The van der Waals surface area contributed by atoms with E-state index in [1.807, 2.05) is 49.9 Å². The van der Waals surface area contributed by atoms with E-state index in [0.717, 1.165) is 28.1 Å². The Morgan fingerprint density at radius 1 is 1.42 bits per heavy atom. The van der Waals surface area contributed by atoms with Gasteiger partial charge in [0, 0.05) is 22.5 Å². The molecule has 1 aliphatic heterocycles. The molecule has 1 aromatic rings. The van der Waals surface area contributed by atoms with Crippen LogP contribution in [0.1, 0.15) is 19.4 Å². The van der Waals surface area contributed by atoms with E-state index in [1.165, 1.54) is 0 Å². The Hall–Kier alpha value is -0.520. The molecule has 0 spiro atoms. The summed E-state index contributed by atoms with van der Waals surface area (Å²) in [5, 5.41) is 6.39. The molecule has 0 aromatic heterocycles. The highest BCUT2D eigenvalue weighted by Gasteiger charge is 2.28. The van der Waals surface area contributed by atoms with Gasteiger partial charge >= 0.3 is 0 Å². The standard InChI is InChI=1S/C14H19BrN2OS/c1-14(2,10-3-5-11(15)6-4-10)17-13(18)12-9-19-8-7-16-12/h3-6,12,16H,7-9H2,1-2H3,(H,17,18). The van der Waals surface area contributed by atoms with Crippen molar-refractivity contribution >= 4 is 33.6 Å². The van der Waals surface area contributed by atoms with E-state index < -0.39 is 0 Å². The second-order valence-electron chi connectivity index (χ2n) is 5.20. The molecule has 104 valence electrons. The van der Waals surface area contributed by atoms with Gasteiger partial charge in [0.25, 0.3) is 0 Å². The van der Waals surface area contributed by atoms with Crippen molar-refractivity contribution in [2.45, 2.75) is 25.4 Å². The molecule has 0 bridgehead atoms. The summed E-state index contributed by atoms with van der Waals surface area (Å²) < 4.78 is 1.05. The average molecular weight is 343 g/mol. The minimum atomic E-state index is -0.360. The molecule has 1 atom stereocenters. The zero-order chi connectivity index (χ0) is 13.9. The first kappa shape index (κ1) is 14.9. The van der Waals surface area contributed by atoms with Crippen LogP contribution in [0.15, 0.2) is 28.7 Å². The average Bonchev–Trinajstić information content (AvgIpc) is 2.40. The number of benzene rings is 1. The van der Waals surface area contributed by atoms with Crippen LogP contribution in [0.25, 0.3) is 0 Å². The first-order valence-electron chi connectivity index (χ1n) is 6.38. The largest absolute Gasteiger partial charge is 0.346 e. The van der Waals surface area contributed by atoms with Crippen LogP contribution in [0.2, 0.25) is 0 Å². The molecule has 0 saturated carbocycles. The molecule has 1 unspecified atom stereocenters. The number of rotatable bonds is 3. The first-order valence-corrected chi connectivity index (χ1v) is 8.33. The summed E-state index contributed by atoms with van der Waals surface area (Å²) >= 11 is 5.25. The Morgan fingerprint density at radius 3 is 2.68 bits per heavy atom. The van der Waals surface area contributed by atoms with E-state index in [9.17, 15) is 4.79 Å². The van der Waals surface area contributed by atoms with E-state index in [4.69, 9.17) is 0 Å². The zero-order valence-electron chi connectivity index (χ0n) is 11.2. The highest BCUT2D eigenvalue weighted by molar-refractivity contribution is 9.10. The van der Waals surface area contributed by atoms with E-state index in [2.05, 4.69) is 26.6 Å². The van der Waals surface area contributed by atoms with Crippen LogP contribution in [0.4, 0.5) is 0 Å². The fourth-order valence-electron chi connectivity index (χ4n) is 2.07. The summed E-state index contributed by atoms with van der Waals surface area (Å²) in [7, 11) is 0. The molecule has 1 heterocycles. The van der Waals surface area contributed by atoms with Gasteiger partial charge in [0.15, 0.2) is 0 Å². The molecular weight excluding hydrogens is 324 g/mol. The van der Waals surface area contributed by atoms with Gasteiger partial charge in [-0.3, -0.25) is 4.79 Å². The molecule has 1 aliphatic rings. The van der Waals surface area contributed by atoms with Gasteiger partial charge in [-0.2, -0.15) is 11.8 Å². The second kappa shape index (κ2) is 6.29. The van der Waals surface area contributed by atoms with Crippen LogP contribution >= 0.6 is 27.7 Å². The number of amides is 1. The number of halogens is 1. The molecule has 1 aromatic carbocycles. The van der Waals surface area contributed by atoms with Crippen LogP contribution in [-0.4, -0.2) is 30.0 Å². The smallest absolute Gasteiger partial charge is 0.238 e. The SMILES string of the molecule is CC(C)(NC(=O)C1CSCCN1)c1ccc(Br)cc1. The van der Waals surface area contributed by atoms with Gasteiger partial charge in [-0.15, -0.1) is 0 Å². The number of carbonyl (C=O) groups excluding carboxylic acids is 1. The van der Waals surface area contributed by atoms with Crippen molar-refractivity contribution in [2.24, 2.45) is 0 Å². The number of nitrogens with one attached hydrogen (secondary N) is 2. The Morgan fingerprint density at radius 2 is 2.11 bits per heavy atom. The third-order valence-corrected chi connectivity index (χ3v) is 4.83. The van der Waals surface area contributed by atoms with Gasteiger partial charge in [0.2, 0.25) is 5.91 Å². The van der Waals surface area contributed by atoms with Gasteiger partial charge in [0.05, 0.1) is 11.6 Å². The summed E-state index contributed by atoms with van der Waals surface area (Å²) in [6.07, 6.45) is 0. The normalized spacial score (nSPS) is 20.1. The second-order valence-corrected chi connectivity index (χ2v) is 7.27. The number of hydrogen-bond acceptors (Lipinski definition) is 3. The van der Waals surface area contributed by atoms with E-state index in [-0.39, 0.29) is 17.5 Å². The van der Waals surface area contributed by atoms with E-state index >= 15 is 0 Å². The molecule has 2 N–H and O–H groups in total. The zero-order valence-corrected chi connectivity index (χ0v) is 13.6. The quantitative estimate of drug-likeness (QED) is 0.886. The third kappa shape index (κ3) is 3.97. The lowest BCUT2D eigenvalue weighted by molar-refractivity contribution is -0.124. The van der Waals surface area contributed by atoms with Crippen molar-refractivity contribution in [1.29, 1.82) is 0 Å². The fraction of sp³-hybridized carbons (Fsp3) is 0.500. The molecule has 0 radical (unpaired) electrons. The molecule has 2 rings (SSSR count). The van der Waals surface area contributed by atoms with Crippen molar-refractivity contribution in [1.82, 2.24) is 10.6 Å². The Bertz CT molecular complexity index is 441. The monoisotopic (exact) mass is 342 g/mol. The summed E-state index contributed by atoms with van der Waals surface area (Å²) in [5.74, 6) is 2.02. The van der Waals surface area contributed by atoms with E-state index in [1.54, 1.807) is 0 Å². The molecule has 19 heavy (non-hydrogen) atoms. The van der Waals surface area contributed by atoms with Gasteiger partial charge < -0.3 is 10.6 Å². The van der Waals surface area contributed by atoms with Crippen molar-refractivity contribution in [3.63, 3.8) is 0 Å². The number of thioether (sulfide) groups is 1. The number of carbonyl (C=O) groups is 1. The van der Waals surface area contributed by atoms with Crippen molar-refractivity contribution < 1.29 is 4.79 Å². The lowest BCUT2D eigenvalue weighted by Gasteiger charge is -2.31. The van der Waals surface area contributed by atoms with Crippen LogP contribution in [0.3, 0.4) is 0 Å². The van der Waals surface area contributed by atoms with Crippen molar-refractivity contribution in [3.05, 3.63) is 34.3 Å². The minimum absolute atomic E-state index is 0.0755. The molecule has 5 heteroatoms. The first-order chi connectivity index (χ1) is 8.99. The van der Waals surface area contributed by atoms with Crippen LogP contribution < -0.4 is 10.6 Å². The molecule has 3 nitrogen and oxygen atoms in total. The topological polar surface area (TPSA) is 41.1 Å². The minimum Gasteiger partial charge on any atom is -0.346 e. The fourth-order valence-corrected chi connectivity index (χ4v) is 3.27. The lowest BCUT2D eigenvalue weighted by atomic mass is 9.94. The van der Waals surface area contributed by atoms with Gasteiger partial charge in [-0.1, -0.05) is 28.1 Å². The molecule has 1 amide bonds. The predicted molar refractivity (Wildman–Crippen MR) is 84.4 cm³/mol. The Labute approximate surface area is 127 Å². The van der Waals surface area contributed by atoms with Gasteiger partial charge in [-0.05, 0) is 31.5 Å². The van der Waals surface area contributed by atoms with Crippen LogP contribution in [0, 0.1) is 0 Å². The maximum atomic E-state index is 12.3. The van der Waals surface area contributed by atoms with Gasteiger partial charge in [0.1, 0.15) is 0 Å². The Kier molecular flexibility index (Phi) is 4.92. The third-order valence-electron chi connectivity index (χ3n) is 3.24. The predicted octanol–water partition coefficient (Wildman–Crippen LogP) is 2.51. The summed E-state index contributed by atoms with van der Waals surface area (Å²) in [6, 6.07) is 7.99. The summed E-state index contributed by atoms with van der Waals surface area (Å²) in [4.78, 5) is 12.3. The molecule has 0 aliphatic carbocycles. The molecule has 1 saturated heterocycles. The van der Waals surface area contributed by atoms with Crippen molar-refractivity contribution in [3.8, 4) is 0 Å².